The van der Waals surface area contributed by atoms with E-state index in [1.807, 2.05) is 30.3 Å². The van der Waals surface area contributed by atoms with Gasteiger partial charge in [0.1, 0.15) is 0 Å². The molecule has 1 heterocycles. The molecule has 7 nitrogen and oxygen atoms in total. The summed E-state index contributed by atoms with van der Waals surface area (Å²) in [6.45, 7) is 0.433. The van der Waals surface area contributed by atoms with Crippen LogP contribution in [-0.2, 0) is 17.7 Å². The fourth-order valence-electron chi connectivity index (χ4n) is 1.92. The Kier molecular flexibility index (Phi) is 5.28. The topological polar surface area (TPSA) is 89.3 Å². The van der Waals surface area contributed by atoms with Crippen LogP contribution in [0.1, 0.15) is 11.3 Å². The summed E-state index contributed by atoms with van der Waals surface area (Å²) in [4.78, 5) is 11.1. The minimum absolute atomic E-state index is 0.194. The van der Waals surface area contributed by atoms with Crippen molar-refractivity contribution in [1.29, 1.82) is 0 Å². The van der Waals surface area contributed by atoms with Gasteiger partial charge in [-0.3, -0.25) is 0 Å². The van der Waals surface area contributed by atoms with E-state index in [4.69, 9.17) is 0 Å². The molecule has 112 valence electrons. The first kappa shape index (κ1) is 15.0. The number of nitrogens with zero attached hydrogens (tertiary/aromatic N) is 3. The quantitative estimate of drug-likeness (QED) is 0.812. The minimum Gasteiger partial charge on any atom is -0.453 e. The van der Waals surface area contributed by atoms with Gasteiger partial charge >= 0.3 is 6.09 Å². The van der Waals surface area contributed by atoms with Gasteiger partial charge in [-0.15, -0.1) is 5.10 Å². The number of hydrogen-bond donors (Lipinski definition) is 2. The van der Waals surface area contributed by atoms with Crippen molar-refractivity contribution in [2.24, 2.45) is 0 Å². The van der Waals surface area contributed by atoms with Gasteiger partial charge in [-0.25, -0.2) is 9.48 Å². The molecule has 0 saturated heterocycles. The molecule has 0 spiro atoms. The number of rotatable bonds is 6. The van der Waals surface area contributed by atoms with Gasteiger partial charge in [0.15, 0.2) is 0 Å². The van der Waals surface area contributed by atoms with Crippen LogP contribution in [0.2, 0.25) is 0 Å². The maximum absolute atomic E-state index is 11.1. The Morgan fingerprint density at radius 1 is 1.43 bits per heavy atom. The van der Waals surface area contributed by atoms with Crippen molar-refractivity contribution >= 4 is 6.09 Å². The largest absolute Gasteiger partial charge is 0.453 e. The maximum Gasteiger partial charge on any atom is 0.407 e. The third-order valence-corrected chi connectivity index (χ3v) is 2.96. The average molecular weight is 290 g/mol. The fourth-order valence-corrected chi connectivity index (χ4v) is 1.92. The van der Waals surface area contributed by atoms with Gasteiger partial charge in [-0.1, -0.05) is 35.5 Å². The molecule has 0 radical (unpaired) electrons. The number of carbonyl (C=O) groups is 1. The first-order valence-corrected chi connectivity index (χ1v) is 6.59. The predicted octanol–water partition coefficient (Wildman–Crippen LogP) is 0.586. The third-order valence-electron chi connectivity index (χ3n) is 2.96. The van der Waals surface area contributed by atoms with Crippen LogP contribution in [0.25, 0.3) is 0 Å². The lowest BCUT2D eigenvalue weighted by Crippen LogP contribution is -2.39. The normalized spacial score (nSPS) is 11.9. The molecule has 2 aromatic rings. The van der Waals surface area contributed by atoms with Gasteiger partial charge in [0.05, 0.1) is 32.0 Å². The maximum atomic E-state index is 11.1. The summed E-state index contributed by atoms with van der Waals surface area (Å²) in [5.41, 5.74) is 1.82. The van der Waals surface area contributed by atoms with Crippen LogP contribution >= 0.6 is 0 Å². The number of aliphatic hydroxyl groups is 1. The van der Waals surface area contributed by atoms with Crippen LogP contribution in [0.3, 0.4) is 0 Å². The zero-order chi connectivity index (χ0) is 15.1. The van der Waals surface area contributed by atoms with Crippen molar-refractivity contribution < 1.29 is 14.6 Å². The number of carbonyl (C=O) groups excluding carboxylic acids is 1. The first-order chi connectivity index (χ1) is 10.2. The molecule has 7 heteroatoms. The predicted molar refractivity (Wildman–Crippen MR) is 75.7 cm³/mol. The molecule has 0 saturated carbocycles. The Morgan fingerprint density at radius 3 is 2.86 bits per heavy atom. The summed E-state index contributed by atoms with van der Waals surface area (Å²) in [6.07, 6.45) is 1.61. The van der Waals surface area contributed by atoms with E-state index < -0.39 is 12.1 Å². The molecule has 2 rings (SSSR count). The Labute approximate surface area is 122 Å². The molecular formula is C14H18N4O3. The Morgan fingerprint density at radius 2 is 2.19 bits per heavy atom. The third kappa shape index (κ3) is 4.57. The number of nitrogens with one attached hydrogen (secondary N) is 1. The second-order valence-electron chi connectivity index (χ2n) is 4.61. The van der Waals surface area contributed by atoms with E-state index in [1.54, 1.807) is 10.9 Å². The second kappa shape index (κ2) is 7.39. The molecule has 0 bridgehead atoms. The van der Waals surface area contributed by atoms with Crippen LogP contribution in [0.4, 0.5) is 4.79 Å². The second-order valence-corrected chi connectivity index (χ2v) is 4.61. The molecule has 0 fully saturated rings. The molecule has 21 heavy (non-hydrogen) atoms. The van der Waals surface area contributed by atoms with E-state index in [2.05, 4.69) is 20.4 Å². The van der Waals surface area contributed by atoms with Crippen LogP contribution in [0, 0.1) is 0 Å². The highest BCUT2D eigenvalue weighted by Crippen LogP contribution is 2.04. The SMILES string of the molecule is COC(=O)NC(CO)Cc1cn(Cc2ccccc2)nn1. The summed E-state index contributed by atoms with van der Waals surface area (Å²) < 4.78 is 6.22. The fraction of sp³-hybridized carbons (Fsp3) is 0.357. The number of ether oxygens (including phenoxy) is 1. The van der Waals surface area contributed by atoms with Crippen molar-refractivity contribution in [1.82, 2.24) is 20.3 Å². The monoisotopic (exact) mass is 290 g/mol. The van der Waals surface area contributed by atoms with Crippen molar-refractivity contribution in [3.63, 3.8) is 0 Å². The summed E-state index contributed by atoms with van der Waals surface area (Å²) in [5, 5.41) is 19.9. The Bertz CT molecular complexity index is 571. The highest BCUT2D eigenvalue weighted by atomic mass is 16.5. The van der Waals surface area contributed by atoms with E-state index in [0.29, 0.717) is 18.7 Å². The van der Waals surface area contributed by atoms with Crippen molar-refractivity contribution in [3.05, 3.63) is 47.8 Å². The van der Waals surface area contributed by atoms with E-state index >= 15 is 0 Å². The Hall–Kier alpha value is -2.41. The standard InChI is InChI=1S/C14H18N4O3/c1-21-14(20)15-13(10-19)7-12-9-18(17-16-12)8-11-5-3-2-4-6-11/h2-6,9,13,19H,7-8,10H2,1H3,(H,15,20). The number of aliphatic hydroxyl groups excluding tert-OH is 1. The molecule has 0 aliphatic heterocycles. The highest BCUT2D eigenvalue weighted by Gasteiger charge is 2.14. The van der Waals surface area contributed by atoms with Gasteiger partial charge < -0.3 is 15.2 Å². The van der Waals surface area contributed by atoms with Gasteiger partial charge in [0, 0.05) is 12.6 Å². The van der Waals surface area contributed by atoms with Crippen molar-refractivity contribution in [3.8, 4) is 0 Å². The zero-order valence-electron chi connectivity index (χ0n) is 11.8. The number of aromatic nitrogens is 3. The van der Waals surface area contributed by atoms with Gasteiger partial charge in [0.25, 0.3) is 0 Å². The lowest BCUT2D eigenvalue weighted by molar-refractivity contribution is 0.157. The minimum atomic E-state index is -0.578. The van der Waals surface area contributed by atoms with E-state index in [-0.39, 0.29) is 6.61 Å². The highest BCUT2D eigenvalue weighted by molar-refractivity contribution is 5.67. The molecule has 0 aliphatic carbocycles. The number of benzene rings is 1. The molecule has 1 unspecified atom stereocenters. The zero-order valence-corrected chi connectivity index (χ0v) is 11.8. The smallest absolute Gasteiger partial charge is 0.407 e. The molecule has 2 N–H and O–H groups in total. The van der Waals surface area contributed by atoms with Gasteiger partial charge in [-0.05, 0) is 5.56 Å². The molecule has 1 amide bonds. The number of hydrogen-bond acceptors (Lipinski definition) is 5. The van der Waals surface area contributed by atoms with Gasteiger partial charge in [-0.2, -0.15) is 0 Å². The van der Waals surface area contributed by atoms with E-state index in [0.717, 1.165) is 5.56 Å². The summed E-state index contributed by atoms with van der Waals surface area (Å²) in [5.74, 6) is 0. The lowest BCUT2D eigenvalue weighted by atomic mass is 10.2. The van der Waals surface area contributed by atoms with Crippen molar-refractivity contribution in [2.75, 3.05) is 13.7 Å². The molecule has 0 aliphatic rings. The molecule has 1 aromatic carbocycles. The summed E-state index contributed by atoms with van der Waals surface area (Å²) >= 11 is 0. The number of methoxy groups -OCH3 is 1. The summed E-state index contributed by atoms with van der Waals surface area (Å²) in [6, 6.07) is 9.47. The number of amides is 1. The van der Waals surface area contributed by atoms with Crippen LogP contribution in [0.15, 0.2) is 36.5 Å². The van der Waals surface area contributed by atoms with Crippen LogP contribution in [-0.4, -0.2) is 46.0 Å². The van der Waals surface area contributed by atoms with Gasteiger partial charge in [0.2, 0.25) is 0 Å². The lowest BCUT2D eigenvalue weighted by Gasteiger charge is -2.13. The average Bonchev–Trinajstić information content (AvgIpc) is 2.94. The van der Waals surface area contributed by atoms with E-state index in [1.165, 1.54) is 7.11 Å². The van der Waals surface area contributed by atoms with Crippen LogP contribution in [0.5, 0.6) is 0 Å². The molecular weight excluding hydrogens is 272 g/mol. The molecule has 1 aromatic heterocycles. The molecule has 1 atom stereocenters. The van der Waals surface area contributed by atoms with Crippen molar-refractivity contribution in [2.45, 2.75) is 19.0 Å². The van der Waals surface area contributed by atoms with Crippen LogP contribution < -0.4 is 5.32 Å². The van der Waals surface area contributed by atoms with E-state index in [9.17, 15) is 9.90 Å². The number of alkyl carbamates (subject to hydrolysis) is 1. The Balaban J connectivity index is 1.94. The summed E-state index contributed by atoms with van der Waals surface area (Å²) in [7, 11) is 1.28. The first-order valence-electron chi connectivity index (χ1n) is 6.59.